The molecule has 0 atom stereocenters. The number of imidazole rings is 1. The number of pyridine rings is 1. The Morgan fingerprint density at radius 2 is 2.10 bits per heavy atom. The van der Waals surface area contributed by atoms with E-state index < -0.39 is 5.60 Å². The van der Waals surface area contributed by atoms with E-state index >= 15 is 0 Å². The number of nitrogens with zero attached hydrogens (tertiary/aromatic N) is 3. The molecule has 110 valence electrons. The number of rotatable bonds is 5. The van der Waals surface area contributed by atoms with Crippen LogP contribution in [0.2, 0.25) is 0 Å². The molecule has 0 aliphatic rings. The van der Waals surface area contributed by atoms with E-state index in [2.05, 4.69) is 9.97 Å². The third-order valence-corrected chi connectivity index (χ3v) is 2.95. The van der Waals surface area contributed by atoms with Gasteiger partial charge < -0.3 is 20.1 Å². The minimum absolute atomic E-state index is 0.389. The van der Waals surface area contributed by atoms with Crippen molar-refractivity contribution < 1.29 is 9.84 Å². The maximum absolute atomic E-state index is 10.1. The van der Waals surface area contributed by atoms with E-state index in [0.717, 1.165) is 17.0 Å². The van der Waals surface area contributed by atoms with Crippen LogP contribution in [0.25, 0.3) is 11.0 Å². The first-order chi connectivity index (χ1) is 9.31. The van der Waals surface area contributed by atoms with E-state index in [4.69, 9.17) is 10.5 Å². The molecule has 0 aliphatic heterocycles. The average Bonchev–Trinajstić information content (AvgIpc) is 2.64. The van der Waals surface area contributed by atoms with Crippen LogP contribution < -0.4 is 5.73 Å². The summed E-state index contributed by atoms with van der Waals surface area (Å²) < 4.78 is 7.40. The molecular weight excluding hydrogens is 256 g/mol. The van der Waals surface area contributed by atoms with Gasteiger partial charge in [0.1, 0.15) is 17.9 Å². The van der Waals surface area contributed by atoms with Gasteiger partial charge in [-0.1, -0.05) is 0 Å². The first-order valence-corrected chi connectivity index (χ1v) is 6.74. The van der Waals surface area contributed by atoms with Gasteiger partial charge in [0, 0.05) is 12.3 Å². The molecule has 0 saturated heterocycles. The Balaban J connectivity index is 2.58. The molecular formula is C14H22N4O2. The first kappa shape index (κ1) is 14.7. The molecule has 2 aromatic rings. The van der Waals surface area contributed by atoms with E-state index in [9.17, 15) is 5.11 Å². The Hall–Kier alpha value is -1.66. The number of fused-ring (bicyclic) bond motifs is 1. The molecule has 6 heteroatoms. The minimum Gasteiger partial charge on any atom is -0.389 e. The molecule has 6 nitrogen and oxygen atoms in total. The molecule has 0 spiro atoms. The fourth-order valence-electron chi connectivity index (χ4n) is 2.19. The van der Waals surface area contributed by atoms with Gasteiger partial charge in [-0.15, -0.1) is 0 Å². The van der Waals surface area contributed by atoms with Gasteiger partial charge in [0.05, 0.1) is 17.7 Å². The largest absolute Gasteiger partial charge is 0.389 e. The number of hydrogen-bond donors (Lipinski definition) is 2. The molecule has 0 unspecified atom stereocenters. The molecule has 0 radical (unpaired) electrons. The lowest BCUT2D eigenvalue weighted by Crippen LogP contribution is -2.27. The molecule has 0 saturated carbocycles. The number of nitrogen functional groups attached to an aromatic ring is 1. The van der Waals surface area contributed by atoms with E-state index in [-0.39, 0.29) is 0 Å². The standard InChI is InChI=1S/C14H22N4O2/c1-5-20-7-11-17-12-10(6-9(2)16-13(12)15)18(11)8-14(3,4)19/h6,19H,5,7-8H2,1-4H3,(H2,15,16). The summed E-state index contributed by atoms with van der Waals surface area (Å²) in [5.74, 6) is 1.16. The van der Waals surface area contributed by atoms with E-state index in [1.54, 1.807) is 13.8 Å². The molecule has 2 rings (SSSR count). The van der Waals surface area contributed by atoms with Crippen molar-refractivity contribution in [3.63, 3.8) is 0 Å². The Morgan fingerprint density at radius 1 is 1.40 bits per heavy atom. The lowest BCUT2D eigenvalue weighted by molar-refractivity contribution is 0.0582. The van der Waals surface area contributed by atoms with Crippen molar-refractivity contribution in [1.29, 1.82) is 0 Å². The number of nitrogens with two attached hydrogens (primary N) is 1. The van der Waals surface area contributed by atoms with E-state index in [0.29, 0.717) is 31.1 Å². The molecule has 0 bridgehead atoms. The first-order valence-electron chi connectivity index (χ1n) is 6.74. The Labute approximate surface area is 118 Å². The average molecular weight is 278 g/mol. The van der Waals surface area contributed by atoms with Crippen molar-refractivity contribution in [2.24, 2.45) is 0 Å². The van der Waals surface area contributed by atoms with E-state index in [1.807, 2.05) is 24.5 Å². The quantitative estimate of drug-likeness (QED) is 0.868. The SMILES string of the molecule is CCOCc1nc2c(N)nc(C)cc2n1CC(C)(C)O. The fourth-order valence-corrected chi connectivity index (χ4v) is 2.19. The minimum atomic E-state index is -0.847. The normalized spacial score (nSPS) is 12.2. The van der Waals surface area contributed by atoms with Crippen LogP contribution in [-0.2, 0) is 17.9 Å². The maximum Gasteiger partial charge on any atom is 0.151 e. The molecule has 2 aromatic heterocycles. The second-order valence-electron chi connectivity index (χ2n) is 5.58. The van der Waals surface area contributed by atoms with Gasteiger partial charge in [-0.05, 0) is 33.8 Å². The predicted molar refractivity (Wildman–Crippen MR) is 78.3 cm³/mol. The van der Waals surface area contributed by atoms with Gasteiger partial charge in [0.2, 0.25) is 0 Å². The highest BCUT2D eigenvalue weighted by molar-refractivity contribution is 5.85. The highest BCUT2D eigenvalue weighted by atomic mass is 16.5. The summed E-state index contributed by atoms with van der Waals surface area (Å²) in [6, 6.07) is 1.93. The topological polar surface area (TPSA) is 86.2 Å². The summed E-state index contributed by atoms with van der Waals surface area (Å²) >= 11 is 0. The molecule has 0 aliphatic carbocycles. The fraction of sp³-hybridized carbons (Fsp3) is 0.571. The smallest absolute Gasteiger partial charge is 0.151 e. The molecule has 3 N–H and O–H groups in total. The molecule has 0 amide bonds. The lowest BCUT2D eigenvalue weighted by Gasteiger charge is -2.20. The molecule has 20 heavy (non-hydrogen) atoms. The van der Waals surface area contributed by atoms with Crippen LogP contribution in [-0.4, -0.2) is 31.8 Å². The zero-order chi connectivity index (χ0) is 14.9. The zero-order valence-corrected chi connectivity index (χ0v) is 12.5. The van der Waals surface area contributed by atoms with Crippen molar-refractivity contribution in [3.05, 3.63) is 17.6 Å². The second kappa shape index (κ2) is 5.38. The lowest BCUT2D eigenvalue weighted by atomic mass is 10.1. The number of aliphatic hydroxyl groups is 1. The van der Waals surface area contributed by atoms with Gasteiger partial charge in [0.25, 0.3) is 0 Å². The van der Waals surface area contributed by atoms with Crippen molar-refractivity contribution in [2.75, 3.05) is 12.3 Å². The number of aromatic nitrogens is 3. The van der Waals surface area contributed by atoms with Crippen LogP contribution in [0.4, 0.5) is 5.82 Å². The van der Waals surface area contributed by atoms with Crippen LogP contribution in [0, 0.1) is 6.92 Å². The Kier molecular flexibility index (Phi) is 3.96. The van der Waals surface area contributed by atoms with Gasteiger partial charge in [0.15, 0.2) is 5.82 Å². The number of anilines is 1. The summed E-state index contributed by atoms with van der Waals surface area (Å²) in [6.45, 7) is 8.77. The van der Waals surface area contributed by atoms with Gasteiger partial charge in [-0.3, -0.25) is 0 Å². The number of hydrogen-bond acceptors (Lipinski definition) is 5. The molecule has 0 aromatic carbocycles. The highest BCUT2D eigenvalue weighted by Crippen LogP contribution is 2.24. The van der Waals surface area contributed by atoms with Crippen molar-refractivity contribution in [2.45, 2.75) is 46.4 Å². The zero-order valence-electron chi connectivity index (χ0n) is 12.5. The van der Waals surface area contributed by atoms with Gasteiger partial charge >= 0.3 is 0 Å². The van der Waals surface area contributed by atoms with Gasteiger partial charge in [-0.2, -0.15) is 0 Å². The number of aryl methyl sites for hydroxylation is 1. The molecule has 0 fully saturated rings. The Morgan fingerprint density at radius 3 is 2.70 bits per heavy atom. The second-order valence-corrected chi connectivity index (χ2v) is 5.58. The third kappa shape index (κ3) is 3.08. The van der Waals surface area contributed by atoms with E-state index in [1.165, 1.54) is 0 Å². The summed E-state index contributed by atoms with van der Waals surface area (Å²) in [6.07, 6.45) is 0. The Bertz CT molecular complexity index is 614. The third-order valence-electron chi connectivity index (χ3n) is 2.95. The van der Waals surface area contributed by atoms with Crippen molar-refractivity contribution >= 4 is 16.9 Å². The van der Waals surface area contributed by atoms with Crippen LogP contribution in [0.15, 0.2) is 6.07 Å². The molecule has 2 heterocycles. The van der Waals surface area contributed by atoms with Crippen molar-refractivity contribution in [1.82, 2.24) is 14.5 Å². The van der Waals surface area contributed by atoms with Crippen LogP contribution in [0.1, 0.15) is 32.3 Å². The van der Waals surface area contributed by atoms with Crippen molar-refractivity contribution in [3.8, 4) is 0 Å². The summed E-state index contributed by atoms with van der Waals surface area (Å²) in [5, 5.41) is 10.1. The predicted octanol–water partition coefficient (Wildman–Crippen LogP) is 1.63. The van der Waals surface area contributed by atoms with Gasteiger partial charge in [-0.25, -0.2) is 9.97 Å². The summed E-state index contributed by atoms with van der Waals surface area (Å²) in [5.41, 5.74) is 7.47. The van der Waals surface area contributed by atoms with Crippen LogP contribution >= 0.6 is 0 Å². The van der Waals surface area contributed by atoms with Crippen LogP contribution in [0.5, 0.6) is 0 Å². The maximum atomic E-state index is 10.1. The summed E-state index contributed by atoms with van der Waals surface area (Å²) in [7, 11) is 0. The monoisotopic (exact) mass is 278 g/mol. The number of ether oxygens (including phenoxy) is 1. The summed E-state index contributed by atoms with van der Waals surface area (Å²) in [4.78, 5) is 8.75. The highest BCUT2D eigenvalue weighted by Gasteiger charge is 2.20. The van der Waals surface area contributed by atoms with Crippen LogP contribution in [0.3, 0.4) is 0 Å².